The van der Waals surface area contributed by atoms with Gasteiger partial charge in [-0.2, -0.15) is 0 Å². The molecule has 2 aromatic carbocycles. The molecule has 0 spiro atoms. The van der Waals surface area contributed by atoms with Crippen molar-refractivity contribution in [3.05, 3.63) is 70.0 Å². The second kappa shape index (κ2) is 7.94. The number of benzene rings is 2. The fraction of sp³-hybridized carbons (Fsp3) is 0.227. The fourth-order valence-corrected chi connectivity index (χ4v) is 4.26. The van der Waals surface area contributed by atoms with Crippen LogP contribution in [0, 0.1) is 6.92 Å². The summed E-state index contributed by atoms with van der Waals surface area (Å²) in [6.45, 7) is 2.21. The van der Waals surface area contributed by atoms with E-state index < -0.39 is 5.97 Å². The predicted octanol–water partition coefficient (Wildman–Crippen LogP) is 4.25. The highest BCUT2D eigenvalue weighted by Gasteiger charge is 2.25. The molecule has 0 unspecified atom stereocenters. The average Bonchev–Trinajstić information content (AvgIpc) is 3.14. The number of nitrogens with zero attached hydrogens (tertiary/aromatic N) is 2. The molecule has 0 saturated carbocycles. The number of carbonyl (C=O) groups excluding carboxylic acids is 2. The minimum atomic E-state index is -0.511. The molecule has 0 aliphatic carbocycles. The number of hydrogen-bond acceptors (Lipinski definition) is 5. The number of aromatic nitrogens is 1. The van der Waals surface area contributed by atoms with Crippen LogP contribution >= 0.6 is 11.3 Å². The summed E-state index contributed by atoms with van der Waals surface area (Å²) in [6, 6.07) is 17.4. The second-order valence-electron chi connectivity index (χ2n) is 6.63. The third-order valence-corrected chi connectivity index (χ3v) is 5.66. The fourth-order valence-electron chi connectivity index (χ4n) is 3.42. The third-order valence-electron chi connectivity index (χ3n) is 4.70. The minimum Gasteiger partial charge on any atom is -0.451 e. The molecular formula is C22H20N2O3S. The van der Waals surface area contributed by atoms with Crippen LogP contribution in [-0.4, -0.2) is 30.0 Å². The molecule has 0 atom stereocenters. The normalized spacial score (nSPS) is 13.1. The summed E-state index contributed by atoms with van der Waals surface area (Å²) in [4.78, 5) is 32.0. The number of esters is 1. The molecule has 0 N–H and O–H groups in total. The molecule has 28 heavy (non-hydrogen) atoms. The van der Waals surface area contributed by atoms with Crippen molar-refractivity contribution < 1.29 is 14.3 Å². The van der Waals surface area contributed by atoms with Gasteiger partial charge in [0, 0.05) is 17.8 Å². The average molecular weight is 392 g/mol. The molecule has 1 aliphatic rings. The molecule has 0 radical (unpaired) electrons. The van der Waals surface area contributed by atoms with E-state index in [9.17, 15) is 9.59 Å². The first-order valence-electron chi connectivity index (χ1n) is 9.22. The Labute approximate surface area is 167 Å². The molecule has 5 nitrogen and oxygen atoms in total. The number of para-hydroxylation sites is 1. The van der Waals surface area contributed by atoms with Crippen molar-refractivity contribution in [2.24, 2.45) is 0 Å². The lowest BCUT2D eigenvalue weighted by molar-refractivity contribution is -0.121. The van der Waals surface area contributed by atoms with Crippen molar-refractivity contribution >= 4 is 28.9 Å². The van der Waals surface area contributed by atoms with Crippen LogP contribution in [0.5, 0.6) is 0 Å². The molecule has 0 saturated heterocycles. The van der Waals surface area contributed by atoms with Gasteiger partial charge in [0.1, 0.15) is 4.88 Å². The van der Waals surface area contributed by atoms with Gasteiger partial charge in [-0.1, -0.05) is 48.5 Å². The van der Waals surface area contributed by atoms with E-state index in [1.165, 1.54) is 11.3 Å². The predicted molar refractivity (Wildman–Crippen MR) is 110 cm³/mol. The van der Waals surface area contributed by atoms with Crippen LogP contribution in [0.25, 0.3) is 11.3 Å². The lowest BCUT2D eigenvalue weighted by Crippen LogP contribution is -2.38. The molecule has 3 aromatic rings. The number of hydrogen-bond donors (Lipinski definition) is 0. The molecule has 142 valence electrons. The first-order valence-corrected chi connectivity index (χ1v) is 10.0. The maximum absolute atomic E-state index is 12.7. The van der Waals surface area contributed by atoms with Crippen molar-refractivity contribution in [2.45, 2.75) is 19.8 Å². The van der Waals surface area contributed by atoms with E-state index in [0.717, 1.165) is 34.7 Å². The number of anilines is 1. The summed E-state index contributed by atoms with van der Waals surface area (Å²) in [5.41, 5.74) is 3.52. The van der Waals surface area contributed by atoms with Gasteiger partial charge in [-0.3, -0.25) is 4.79 Å². The highest BCUT2D eigenvalue weighted by Crippen LogP contribution is 2.29. The van der Waals surface area contributed by atoms with Crippen LogP contribution in [0.3, 0.4) is 0 Å². The number of fused-ring (bicyclic) bond motifs is 1. The summed E-state index contributed by atoms with van der Waals surface area (Å²) in [5, 5.41) is 0.780. The molecule has 0 bridgehead atoms. The Morgan fingerprint density at radius 3 is 2.68 bits per heavy atom. The summed E-state index contributed by atoms with van der Waals surface area (Å²) in [7, 11) is 0. The summed E-state index contributed by atoms with van der Waals surface area (Å²) < 4.78 is 5.37. The topological polar surface area (TPSA) is 59.5 Å². The van der Waals surface area contributed by atoms with E-state index in [2.05, 4.69) is 4.98 Å². The first kappa shape index (κ1) is 18.4. The summed E-state index contributed by atoms with van der Waals surface area (Å²) in [6.07, 6.45) is 1.86. The number of aryl methyl sites for hydroxylation is 2. The Balaban J connectivity index is 1.48. The monoisotopic (exact) mass is 392 g/mol. The van der Waals surface area contributed by atoms with Crippen molar-refractivity contribution in [1.29, 1.82) is 0 Å². The van der Waals surface area contributed by atoms with E-state index >= 15 is 0 Å². The molecule has 6 heteroatoms. The van der Waals surface area contributed by atoms with Crippen molar-refractivity contribution in [3.8, 4) is 11.3 Å². The Kier molecular flexibility index (Phi) is 5.21. The molecule has 2 heterocycles. The zero-order valence-corrected chi connectivity index (χ0v) is 16.4. The van der Waals surface area contributed by atoms with E-state index in [1.54, 1.807) is 4.90 Å². The SMILES string of the molecule is Cc1nc(-c2ccccc2)c(C(=O)OCC(=O)N2CCCc3ccccc32)s1. The highest BCUT2D eigenvalue weighted by molar-refractivity contribution is 7.14. The second-order valence-corrected chi connectivity index (χ2v) is 7.83. The maximum Gasteiger partial charge on any atom is 0.351 e. The number of thiazole rings is 1. The standard InChI is InChI=1S/C22H20N2O3S/c1-15-23-20(17-9-3-2-4-10-17)21(28-15)22(26)27-14-19(25)24-13-7-11-16-8-5-6-12-18(16)24/h2-6,8-10,12H,7,11,13-14H2,1H3. The summed E-state index contributed by atoms with van der Waals surface area (Å²) in [5.74, 6) is -0.717. The van der Waals surface area contributed by atoms with Gasteiger partial charge in [0.15, 0.2) is 6.61 Å². The highest BCUT2D eigenvalue weighted by atomic mass is 32.1. The van der Waals surface area contributed by atoms with Gasteiger partial charge in [-0.15, -0.1) is 11.3 Å². The largest absolute Gasteiger partial charge is 0.451 e. The number of carbonyl (C=O) groups is 2. The molecule has 4 rings (SSSR count). The Bertz CT molecular complexity index is 1010. The van der Waals surface area contributed by atoms with Crippen molar-refractivity contribution in [3.63, 3.8) is 0 Å². The van der Waals surface area contributed by atoms with E-state index in [-0.39, 0.29) is 12.5 Å². The number of ether oxygens (including phenoxy) is 1. The lowest BCUT2D eigenvalue weighted by atomic mass is 10.0. The van der Waals surface area contributed by atoms with E-state index in [0.29, 0.717) is 17.1 Å². The van der Waals surface area contributed by atoms with Crippen molar-refractivity contribution in [2.75, 3.05) is 18.1 Å². The quantitative estimate of drug-likeness (QED) is 0.623. The lowest BCUT2D eigenvalue weighted by Gasteiger charge is -2.29. The van der Waals surface area contributed by atoms with Crippen LogP contribution in [0.2, 0.25) is 0 Å². The molecular weight excluding hydrogens is 372 g/mol. The number of amides is 1. The Morgan fingerprint density at radius 2 is 1.86 bits per heavy atom. The van der Waals surface area contributed by atoms with E-state index in [1.807, 2.05) is 61.5 Å². The molecule has 1 amide bonds. The van der Waals surface area contributed by atoms with Gasteiger partial charge in [-0.05, 0) is 31.4 Å². The summed E-state index contributed by atoms with van der Waals surface area (Å²) >= 11 is 1.28. The minimum absolute atomic E-state index is 0.206. The van der Waals surface area contributed by atoms with E-state index in [4.69, 9.17) is 4.74 Å². The van der Waals surface area contributed by atoms with Crippen LogP contribution < -0.4 is 4.90 Å². The third kappa shape index (κ3) is 3.68. The van der Waals surface area contributed by atoms with Gasteiger partial charge in [-0.25, -0.2) is 9.78 Å². The first-order chi connectivity index (χ1) is 13.6. The van der Waals surface area contributed by atoms with Gasteiger partial charge in [0.05, 0.1) is 10.7 Å². The van der Waals surface area contributed by atoms with Crippen LogP contribution in [-0.2, 0) is 16.0 Å². The van der Waals surface area contributed by atoms with Gasteiger partial charge < -0.3 is 9.64 Å². The van der Waals surface area contributed by atoms with Crippen LogP contribution in [0.15, 0.2) is 54.6 Å². The zero-order chi connectivity index (χ0) is 19.5. The van der Waals surface area contributed by atoms with Gasteiger partial charge >= 0.3 is 5.97 Å². The molecule has 1 aromatic heterocycles. The van der Waals surface area contributed by atoms with Crippen LogP contribution in [0.4, 0.5) is 5.69 Å². The smallest absolute Gasteiger partial charge is 0.351 e. The zero-order valence-electron chi connectivity index (χ0n) is 15.6. The van der Waals surface area contributed by atoms with Crippen molar-refractivity contribution in [1.82, 2.24) is 4.98 Å². The van der Waals surface area contributed by atoms with Gasteiger partial charge in [0.2, 0.25) is 0 Å². The number of rotatable bonds is 4. The Hall–Kier alpha value is -2.99. The van der Waals surface area contributed by atoms with Crippen LogP contribution in [0.1, 0.15) is 26.7 Å². The molecule has 1 aliphatic heterocycles. The maximum atomic E-state index is 12.7. The van der Waals surface area contributed by atoms with Gasteiger partial charge in [0.25, 0.3) is 5.91 Å². The Morgan fingerprint density at radius 1 is 1.11 bits per heavy atom. The molecule has 0 fully saturated rings.